The number of phenols is 1. The molecule has 0 saturated carbocycles. The topological polar surface area (TPSA) is 66.8 Å². The van der Waals surface area contributed by atoms with E-state index in [0.29, 0.717) is 0 Å². The third kappa shape index (κ3) is 2.24. The van der Waals surface area contributed by atoms with E-state index in [2.05, 4.69) is 0 Å². The van der Waals surface area contributed by atoms with Gasteiger partial charge < -0.3 is 14.7 Å². The first-order valence-electron chi connectivity index (χ1n) is 6.12. The molecule has 1 aliphatic rings. The fraction of sp³-hybridized carbons (Fsp3) is 0.286. The van der Waals surface area contributed by atoms with Crippen LogP contribution < -0.4 is 0 Å². The van der Waals surface area contributed by atoms with Crippen molar-refractivity contribution in [2.45, 2.75) is 19.9 Å². The van der Waals surface area contributed by atoms with Crippen LogP contribution in [0.5, 0.6) is 5.75 Å². The number of hydrogen-bond donors (Lipinski definition) is 1. The van der Waals surface area contributed by atoms with Crippen LogP contribution in [0.25, 0.3) is 6.08 Å². The van der Waals surface area contributed by atoms with Crippen molar-refractivity contribution in [1.82, 2.24) is 4.90 Å². The summed E-state index contributed by atoms with van der Waals surface area (Å²) in [5, 5.41) is 9.92. The summed E-state index contributed by atoms with van der Waals surface area (Å²) in [4.78, 5) is 24.8. The van der Waals surface area contributed by atoms with E-state index in [0.717, 1.165) is 17.0 Å². The van der Waals surface area contributed by atoms with Gasteiger partial charge in [-0.1, -0.05) is 0 Å². The first-order valence-corrected chi connectivity index (χ1v) is 6.12. The van der Waals surface area contributed by atoms with Crippen LogP contribution in [-0.4, -0.2) is 28.5 Å². The van der Waals surface area contributed by atoms with E-state index in [4.69, 9.17) is 4.74 Å². The van der Waals surface area contributed by atoms with Crippen molar-refractivity contribution in [3.63, 3.8) is 0 Å². The molecule has 1 aromatic carbocycles. The Balaban J connectivity index is 2.61. The molecule has 1 N–H and O–H groups in total. The van der Waals surface area contributed by atoms with Crippen LogP contribution in [0.3, 0.4) is 0 Å². The summed E-state index contributed by atoms with van der Waals surface area (Å²) in [6.07, 6.45) is 2.66. The Morgan fingerprint density at radius 3 is 2.75 bits per heavy atom. The molecule has 1 aliphatic heterocycles. The normalized spacial score (nSPS) is 16.8. The van der Waals surface area contributed by atoms with Crippen molar-refractivity contribution >= 4 is 18.0 Å². The van der Waals surface area contributed by atoms with Crippen molar-refractivity contribution in [3.05, 3.63) is 35.3 Å². The molecule has 0 radical (unpaired) electrons. The quantitative estimate of drug-likeness (QED) is 0.840. The van der Waals surface area contributed by atoms with E-state index in [1.165, 1.54) is 19.2 Å². The Kier molecular flexibility index (Phi) is 3.74. The number of carbonyl (C=O) groups is 2. The maximum atomic E-state index is 13.8. The van der Waals surface area contributed by atoms with E-state index in [1.54, 1.807) is 6.92 Å². The van der Waals surface area contributed by atoms with E-state index in [-0.39, 0.29) is 23.5 Å². The summed E-state index contributed by atoms with van der Waals surface area (Å²) < 4.78 is 18.7. The molecule has 0 bridgehead atoms. The van der Waals surface area contributed by atoms with Crippen molar-refractivity contribution in [2.24, 2.45) is 0 Å². The average molecular weight is 279 g/mol. The van der Waals surface area contributed by atoms with Gasteiger partial charge in [-0.3, -0.25) is 4.79 Å². The SMILES string of the molecule is CCOC(=O)C1c2c(O)ccc(F)c2C=CN1C(C)=O. The standard InChI is InChI=1S/C14H14FNO4/c1-3-20-14(19)13-12-9(6-7-16(13)8(2)17)10(15)4-5-11(12)18/h4-7,13,18H,3H2,1-2H3. The predicted octanol–water partition coefficient (Wildman–Crippen LogP) is 1.97. The lowest BCUT2D eigenvalue weighted by Crippen LogP contribution is -2.37. The van der Waals surface area contributed by atoms with Gasteiger partial charge in [-0.25, -0.2) is 9.18 Å². The zero-order valence-electron chi connectivity index (χ0n) is 11.1. The lowest BCUT2D eigenvalue weighted by Gasteiger charge is -2.31. The first-order chi connectivity index (χ1) is 9.47. The number of fused-ring (bicyclic) bond motifs is 1. The molecule has 1 heterocycles. The van der Waals surface area contributed by atoms with Gasteiger partial charge in [0.15, 0.2) is 6.04 Å². The lowest BCUT2D eigenvalue weighted by atomic mass is 9.94. The highest BCUT2D eigenvalue weighted by Gasteiger charge is 2.36. The van der Waals surface area contributed by atoms with E-state index in [9.17, 15) is 19.1 Å². The third-order valence-electron chi connectivity index (χ3n) is 3.04. The maximum Gasteiger partial charge on any atom is 0.334 e. The maximum absolute atomic E-state index is 13.8. The molecule has 6 heteroatoms. The van der Waals surface area contributed by atoms with Gasteiger partial charge in [-0.2, -0.15) is 0 Å². The molecule has 106 valence electrons. The summed E-state index contributed by atoms with van der Waals surface area (Å²) in [5.41, 5.74) is 0.127. The number of hydrogen-bond acceptors (Lipinski definition) is 4. The smallest absolute Gasteiger partial charge is 0.334 e. The van der Waals surface area contributed by atoms with Crippen molar-refractivity contribution in [3.8, 4) is 5.75 Å². The summed E-state index contributed by atoms with van der Waals surface area (Å²) in [5.74, 6) is -1.95. The summed E-state index contributed by atoms with van der Waals surface area (Å²) in [6, 6.07) is 1.07. The van der Waals surface area contributed by atoms with E-state index in [1.807, 2.05) is 0 Å². The number of rotatable bonds is 2. The molecule has 1 unspecified atom stereocenters. The van der Waals surface area contributed by atoms with Crippen LogP contribution in [0.15, 0.2) is 18.3 Å². The second kappa shape index (κ2) is 5.32. The highest BCUT2D eigenvalue weighted by atomic mass is 19.1. The average Bonchev–Trinajstić information content (AvgIpc) is 2.41. The molecule has 1 aromatic rings. The number of nitrogens with zero attached hydrogens (tertiary/aromatic N) is 1. The van der Waals surface area contributed by atoms with Crippen molar-refractivity contribution in [2.75, 3.05) is 6.61 Å². The molecule has 20 heavy (non-hydrogen) atoms. The molecule has 1 atom stereocenters. The van der Waals surface area contributed by atoms with Gasteiger partial charge in [0.2, 0.25) is 5.91 Å². The number of esters is 1. The second-order valence-electron chi connectivity index (χ2n) is 4.29. The van der Waals surface area contributed by atoms with Crippen LogP contribution in [-0.2, 0) is 14.3 Å². The fourth-order valence-electron chi connectivity index (χ4n) is 2.17. The summed E-state index contributed by atoms with van der Waals surface area (Å²) in [7, 11) is 0. The van der Waals surface area contributed by atoms with Crippen LogP contribution in [0.4, 0.5) is 4.39 Å². The third-order valence-corrected chi connectivity index (χ3v) is 3.04. The van der Waals surface area contributed by atoms with Gasteiger partial charge in [-0.05, 0) is 25.1 Å². The number of carbonyl (C=O) groups excluding carboxylic acids is 2. The number of halogens is 1. The minimum atomic E-state index is -1.18. The number of aromatic hydroxyl groups is 1. The van der Waals surface area contributed by atoms with Gasteiger partial charge in [0, 0.05) is 24.3 Å². The minimum absolute atomic E-state index is 0.0427. The number of phenolic OH excluding ortho intramolecular Hbond substituents is 1. The molecular formula is C14H14FNO4. The van der Waals surface area contributed by atoms with Gasteiger partial charge >= 0.3 is 5.97 Å². The molecule has 5 nitrogen and oxygen atoms in total. The summed E-state index contributed by atoms with van der Waals surface area (Å²) >= 11 is 0. The fourth-order valence-corrected chi connectivity index (χ4v) is 2.17. The highest BCUT2D eigenvalue weighted by Crippen LogP contribution is 2.38. The number of benzene rings is 1. The first kappa shape index (κ1) is 14.0. The molecule has 2 rings (SSSR count). The zero-order valence-corrected chi connectivity index (χ0v) is 11.1. The predicted molar refractivity (Wildman–Crippen MR) is 69.0 cm³/mol. The second-order valence-corrected chi connectivity index (χ2v) is 4.29. The van der Waals surface area contributed by atoms with Gasteiger partial charge in [0.05, 0.1) is 6.61 Å². The van der Waals surface area contributed by atoms with Gasteiger partial charge in [0.25, 0.3) is 0 Å². The molecule has 0 fully saturated rings. The van der Waals surface area contributed by atoms with E-state index < -0.39 is 23.7 Å². The van der Waals surface area contributed by atoms with Gasteiger partial charge in [0.1, 0.15) is 11.6 Å². The highest BCUT2D eigenvalue weighted by molar-refractivity contribution is 5.89. The van der Waals surface area contributed by atoms with Crippen LogP contribution in [0.1, 0.15) is 31.0 Å². The number of ether oxygens (including phenoxy) is 1. The van der Waals surface area contributed by atoms with Crippen LogP contribution in [0, 0.1) is 5.82 Å². The molecule has 0 aromatic heterocycles. The zero-order chi connectivity index (χ0) is 14.9. The number of amides is 1. The molecule has 0 saturated heterocycles. The lowest BCUT2D eigenvalue weighted by molar-refractivity contribution is -0.152. The Bertz CT molecular complexity index is 597. The molecule has 0 spiro atoms. The van der Waals surface area contributed by atoms with Gasteiger partial charge in [-0.15, -0.1) is 0 Å². The van der Waals surface area contributed by atoms with E-state index >= 15 is 0 Å². The van der Waals surface area contributed by atoms with Crippen molar-refractivity contribution < 1.29 is 23.8 Å². The molecule has 0 aliphatic carbocycles. The Labute approximate surface area is 115 Å². The van der Waals surface area contributed by atoms with Crippen molar-refractivity contribution in [1.29, 1.82) is 0 Å². The largest absolute Gasteiger partial charge is 0.508 e. The summed E-state index contributed by atoms with van der Waals surface area (Å²) in [6.45, 7) is 3.02. The molecule has 1 amide bonds. The minimum Gasteiger partial charge on any atom is -0.508 e. The Morgan fingerprint density at radius 1 is 1.45 bits per heavy atom. The molecular weight excluding hydrogens is 265 g/mol. The monoisotopic (exact) mass is 279 g/mol. The van der Waals surface area contributed by atoms with Crippen LogP contribution in [0.2, 0.25) is 0 Å². The Morgan fingerprint density at radius 2 is 2.15 bits per heavy atom. The Hall–Kier alpha value is -2.37. The van der Waals surface area contributed by atoms with Crippen LogP contribution >= 0.6 is 0 Å².